The molecule has 0 fully saturated rings. The van der Waals surface area contributed by atoms with E-state index < -0.39 is 22.4 Å². The average Bonchev–Trinajstić information content (AvgIpc) is 3.19. The molecule has 1 atom stereocenters. The van der Waals surface area contributed by atoms with E-state index in [2.05, 4.69) is 38.1 Å². The standard InChI is InChI=1S/C23H27N7O3S/c1-4-5-15-12-25-19(26-13-15)16-6-9-30(10-7-16)22-27-17-8-11-34(32)18(17)20(28-22)29-23(2,3)14-33-21(24)31/h6,12-13H,7-11,14H2,1-3H3,(H2,24,31)(H,27,28,29). The summed E-state index contributed by atoms with van der Waals surface area (Å²) < 4.78 is 17.6. The van der Waals surface area contributed by atoms with Crippen LogP contribution in [0.15, 0.2) is 23.4 Å². The molecule has 1 unspecified atom stereocenters. The fourth-order valence-electron chi connectivity index (χ4n) is 3.77. The number of primary amides is 1. The molecule has 2 aromatic heterocycles. The van der Waals surface area contributed by atoms with Crippen LogP contribution in [0.1, 0.15) is 44.3 Å². The monoisotopic (exact) mass is 481 g/mol. The van der Waals surface area contributed by atoms with Crippen molar-refractivity contribution in [3.05, 3.63) is 35.6 Å². The van der Waals surface area contributed by atoms with Crippen molar-refractivity contribution in [2.24, 2.45) is 5.73 Å². The van der Waals surface area contributed by atoms with Crippen molar-refractivity contribution in [1.82, 2.24) is 19.9 Å². The zero-order valence-electron chi connectivity index (χ0n) is 19.4. The molecule has 1 amide bonds. The maximum atomic E-state index is 12.6. The van der Waals surface area contributed by atoms with Gasteiger partial charge in [0.05, 0.1) is 27.6 Å². The zero-order chi connectivity index (χ0) is 24.3. The van der Waals surface area contributed by atoms with Crippen molar-refractivity contribution in [3.63, 3.8) is 0 Å². The first-order valence-electron chi connectivity index (χ1n) is 10.9. The molecule has 10 nitrogen and oxygen atoms in total. The second-order valence-corrected chi connectivity index (χ2v) is 10.2. The summed E-state index contributed by atoms with van der Waals surface area (Å²) in [7, 11) is -1.18. The first-order chi connectivity index (χ1) is 16.3. The molecular weight excluding hydrogens is 454 g/mol. The summed E-state index contributed by atoms with van der Waals surface area (Å²) in [6.07, 6.45) is 6.07. The van der Waals surface area contributed by atoms with Crippen molar-refractivity contribution < 1.29 is 13.7 Å². The molecule has 0 aromatic carbocycles. The maximum Gasteiger partial charge on any atom is 0.404 e. The van der Waals surface area contributed by atoms with Gasteiger partial charge in [-0.3, -0.25) is 4.21 Å². The molecule has 3 N–H and O–H groups in total. The predicted octanol–water partition coefficient (Wildman–Crippen LogP) is 1.88. The van der Waals surface area contributed by atoms with Gasteiger partial charge in [0.1, 0.15) is 17.3 Å². The largest absolute Gasteiger partial charge is 0.447 e. The molecule has 178 valence electrons. The van der Waals surface area contributed by atoms with Crippen LogP contribution < -0.4 is 16.0 Å². The first kappa shape index (κ1) is 23.6. The van der Waals surface area contributed by atoms with Gasteiger partial charge in [0.25, 0.3) is 0 Å². The SMILES string of the molecule is CC#Cc1cnc(C2=CCN(c3nc4c(c(NC(C)(C)COC(N)=O)n3)S(=O)CC4)CC2)nc1. The topological polar surface area (TPSA) is 136 Å². The second-order valence-electron chi connectivity index (χ2n) is 8.66. The Morgan fingerprint density at radius 2 is 2.06 bits per heavy atom. The number of aromatic nitrogens is 4. The maximum absolute atomic E-state index is 12.6. The molecule has 0 saturated heterocycles. The van der Waals surface area contributed by atoms with Gasteiger partial charge in [0.2, 0.25) is 5.95 Å². The number of hydrogen-bond donors (Lipinski definition) is 2. The van der Waals surface area contributed by atoms with Crippen LogP contribution in [0, 0.1) is 11.8 Å². The van der Waals surface area contributed by atoms with Gasteiger partial charge in [-0.05, 0) is 32.8 Å². The normalized spacial score (nSPS) is 17.3. The Kier molecular flexibility index (Phi) is 6.79. The molecule has 0 radical (unpaired) electrons. The Morgan fingerprint density at radius 3 is 2.71 bits per heavy atom. The van der Waals surface area contributed by atoms with E-state index in [0.717, 1.165) is 23.3 Å². The predicted molar refractivity (Wildman–Crippen MR) is 130 cm³/mol. The zero-order valence-corrected chi connectivity index (χ0v) is 20.2. The van der Waals surface area contributed by atoms with Crippen LogP contribution in [0.5, 0.6) is 0 Å². The molecular formula is C23H27N7O3S. The third-order valence-corrected chi connectivity index (χ3v) is 6.87. The lowest BCUT2D eigenvalue weighted by Gasteiger charge is -2.29. The summed E-state index contributed by atoms with van der Waals surface area (Å²) >= 11 is 0. The van der Waals surface area contributed by atoms with Gasteiger partial charge in [-0.15, -0.1) is 5.92 Å². The van der Waals surface area contributed by atoms with E-state index in [1.807, 2.05) is 13.8 Å². The number of carbonyl (C=O) groups is 1. The van der Waals surface area contributed by atoms with Gasteiger partial charge in [0, 0.05) is 37.7 Å². The van der Waals surface area contributed by atoms with Crippen molar-refractivity contribution in [2.75, 3.05) is 35.7 Å². The van der Waals surface area contributed by atoms with E-state index >= 15 is 0 Å². The third kappa shape index (κ3) is 5.34. The lowest BCUT2D eigenvalue weighted by Crippen LogP contribution is -2.39. The fraction of sp³-hybridized carbons (Fsp3) is 0.435. The summed E-state index contributed by atoms with van der Waals surface area (Å²) in [5, 5.41) is 3.28. The van der Waals surface area contributed by atoms with Gasteiger partial charge in [-0.2, -0.15) is 4.98 Å². The van der Waals surface area contributed by atoms with Crippen LogP contribution in [0.2, 0.25) is 0 Å². The third-order valence-electron chi connectivity index (χ3n) is 5.41. The van der Waals surface area contributed by atoms with Crippen molar-refractivity contribution in [2.45, 2.75) is 44.0 Å². The Bertz CT molecular complexity index is 1220. The Balaban J connectivity index is 1.55. The highest BCUT2D eigenvalue weighted by molar-refractivity contribution is 7.85. The van der Waals surface area contributed by atoms with Gasteiger partial charge in [-0.1, -0.05) is 12.0 Å². The lowest BCUT2D eigenvalue weighted by molar-refractivity contribution is 0.138. The highest BCUT2D eigenvalue weighted by atomic mass is 32.2. The molecule has 2 aliphatic rings. The van der Waals surface area contributed by atoms with Gasteiger partial charge in [-0.25, -0.2) is 19.7 Å². The van der Waals surface area contributed by atoms with E-state index in [9.17, 15) is 9.00 Å². The van der Waals surface area contributed by atoms with E-state index in [1.54, 1.807) is 19.3 Å². The molecule has 0 spiro atoms. The number of amides is 1. The summed E-state index contributed by atoms with van der Waals surface area (Å²) in [6.45, 7) is 6.83. The minimum atomic E-state index is -1.18. The van der Waals surface area contributed by atoms with Gasteiger partial charge < -0.3 is 20.7 Å². The smallest absolute Gasteiger partial charge is 0.404 e. The summed E-state index contributed by atoms with van der Waals surface area (Å²) in [5.74, 6) is 8.07. The number of fused-ring (bicyclic) bond motifs is 1. The molecule has 11 heteroatoms. The number of nitrogens with zero attached hydrogens (tertiary/aromatic N) is 5. The number of carbonyl (C=O) groups excluding carboxylic acids is 1. The number of rotatable bonds is 6. The molecule has 4 rings (SSSR count). The van der Waals surface area contributed by atoms with E-state index in [4.69, 9.17) is 20.4 Å². The molecule has 0 bridgehead atoms. The average molecular weight is 482 g/mol. The minimum Gasteiger partial charge on any atom is -0.447 e. The summed E-state index contributed by atoms with van der Waals surface area (Å²) in [4.78, 5) is 32.1. The number of nitrogens with one attached hydrogen (secondary N) is 1. The van der Waals surface area contributed by atoms with Crippen molar-refractivity contribution >= 4 is 34.2 Å². The Hall–Kier alpha value is -3.52. The molecule has 2 aromatic rings. The van der Waals surface area contributed by atoms with E-state index in [0.29, 0.717) is 47.7 Å². The van der Waals surface area contributed by atoms with E-state index in [1.165, 1.54) is 0 Å². The van der Waals surface area contributed by atoms with E-state index in [-0.39, 0.29) is 6.61 Å². The van der Waals surface area contributed by atoms with Crippen molar-refractivity contribution in [1.29, 1.82) is 0 Å². The number of anilines is 2. The fourth-order valence-corrected chi connectivity index (χ4v) is 5.08. The molecule has 34 heavy (non-hydrogen) atoms. The van der Waals surface area contributed by atoms with Crippen LogP contribution in [0.25, 0.3) is 5.57 Å². The quantitative estimate of drug-likeness (QED) is 0.593. The van der Waals surface area contributed by atoms with Gasteiger partial charge in [0.15, 0.2) is 5.82 Å². The highest BCUT2D eigenvalue weighted by Crippen LogP contribution is 2.32. The number of ether oxygens (including phenoxy) is 1. The number of aryl methyl sites for hydroxylation is 1. The van der Waals surface area contributed by atoms with Gasteiger partial charge >= 0.3 is 6.09 Å². The summed E-state index contributed by atoms with van der Waals surface area (Å²) in [6, 6.07) is 0. The van der Waals surface area contributed by atoms with Crippen LogP contribution in [0.4, 0.5) is 16.6 Å². The number of nitrogens with two attached hydrogens (primary N) is 1. The summed E-state index contributed by atoms with van der Waals surface area (Å²) in [5.41, 5.74) is 7.08. The van der Waals surface area contributed by atoms with Crippen LogP contribution in [0.3, 0.4) is 0 Å². The van der Waals surface area contributed by atoms with Crippen LogP contribution >= 0.6 is 0 Å². The molecule has 0 aliphatic carbocycles. The highest BCUT2D eigenvalue weighted by Gasteiger charge is 2.31. The second kappa shape index (κ2) is 9.77. The Labute approximate surface area is 200 Å². The first-order valence-corrected chi connectivity index (χ1v) is 12.3. The van der Waals surface area contributed by atoms with Crippen LogP contribution in [-0.2, 0) is 22.0 Å². The lowest BCUT2D eigenvalue weighted by atomic mass is 10.1. The number of hydrogen-bond acceptors (Lipinski definition) is 9. The minimum absolute atomic E-state index is 0.0432. The molecule has 4 heterocycles. The van der Waals surface area contributed by atoms with Crippen molar-refractivity contribution in [3.8, 4) is 11.8 Å². The van der Waals surface area contributed by atoms with Crippen LogP contribution in [-0.4, -0.2) is 61.2 Å². The molecule has 0 saturated carbocycles. The Morgan fingerprint density at radius 1 is 1.29 bits per heavy atom. The molecule has 2 aliphatic heterocycles.